The molecular formula is C33H46O3S. The van der Waals surface area contributed by atoms with Gasteiger partial charge in [0, 0.05) is 5.41 Å². The van der Waals surface area contributed by atoms with E-state index in [1.807, 2.05) is 36.5 Å². The summed E-state index contributed by atoms with van der Waals surface area (Å²) in [5.74, 6) is -0.0543. The fourth-order valence-corrected chi connectivity index (χ4v) is 9.23. The largest absolute Gasteiger partial charge is 0.278 e. The lowest BCUT2D eigenvalue weighted by molar-refractivity contribution is -0.0485. The molecule has 1 aliphatic carbocycles. The van der Waals surface area contributed by atoms with E-state index in [1.54, 1.807) is 12.2 Å². The third-order valence-corrected chi connectivity index (χ3v) is 10.1. The van der Waals surface area contributed by atoms with Crippen molar-refractivity contribution in [2.24, 2.45) is 16.7 Å². The summed E-state index contributed by atoms with van der Waals surface area (Å²) in [4.78, 5) is 0. The van der Waals surface area contributed by atoms with Crippen LogP contribution in [-0.2, 0) is 14.3 Å². The van der Waals surface area contributed by atoms with Crippen molar-refractivity contribution in [3.8, 4) is 0 Å². The first kappa shape index (κ1) is 32.3. The summed E-state index contributed by atoms with van der Waals surface area (Å²) in [7, 11) is -4.26. The molecule has 0 heterocycles. The Morgan fingerprint density at radius 3 is 1.57 bits per heavy atom. The Morgan fingerprint density at radius 1 is 0.649 bits per heavy atom. The summed E-state index contributed by atoms with van der Waals surface area (Å²) < 4.78 is 33.6. The molecule has 0 N–H and O–H groups in total. The molecule has 1 rings (SSSR count). The molecule has 0 saturated heterocycles. The van der Waals surface area contributed by atoms with Crippen LogP contribution < -0.4 is 0 Å². The number of allylic oxidation sites excluding steroid dienone is 9. The van der Waals surface area contributed by atoms with Gasteiger partial charge in [-0.25, -0.2) is 0 Å². The molecule has 37 heavy (non-hydrogen) atoms. The van der Waals surface area contributed by atoms with Crippen LogP contribution in [0.5, 0.6) is 0 Å². The van der Waals surface area contributed by atoms with Crippen molar-refractivity contribution >= 4 is 10.1 Å². The van der Waals surface area contributed by atoms with Gasteiger partial charge in [0.25, 0.3) is 10.1 Å². The van der Waals surface area contributed by atoms with E-state index in [1.165, 1.54) is 6.08 Å². The van der Waals surface area contributed by atoms with E-state index in [9.17, 15) is 8.42 Å². The zero-order valence-corrected chi connectivity index (χ0v) is 23.5. The second-order valence-corrected chi connectivity index (χ2v) is 11.5. The summed E-state index contributed by atoms with van der Waals surface area (Å²) >= 11 is 0. The Hall–Kier alpha value is -2.69. The molecule has 0 fully saturated rings. The molecule has 0 radical (unpaired) electrons. The van der Waals surface area contributed by atoms with E-state index >= 15 is 0 Å². The van der Waals surface area contributed by atoms with Crippen molar-refractivity contribution < 1.29 is 12.6 Å². The molecular weight excluding hydrogens is 476 g/mol. The zero-order chi connectivity index (χ0) is 28.2. The van der Waals surface area contributed by atoms with Crippen LogP contribution in [0.2, 0.25) is 0 Å². The summed E-state index contributed by atoms with van der Waals surface area (Å²) in [5.41, 5.74) is 0.265. The van der Waals surface area contributed by atoms with E-state index < -0.39 is 25.7 Å². The fourth-order valence-electron chi connectivity index (χ4n) is 7.06. The average molecular weight is 523 g/mol. The lowest BCUT2D eigenvalue weighted by Gasteiger charge is -2.66. The molecule has 0 spiro atoms. The van der Waals surface area contributed by atoms with Crippen LogP contribution in [0, 0.1) is 16.7 Å². The maximum Gasteiger partial charge on any atom is 0.278 e. The van der Waals surface area contributed by atoms with Crippen molar-refractivity contribution in [3.63, 3.8) is 0 Å². The Bertz CT molecular complexity index is 1020. The minimum atomic E-state index is -4.26. The molecule has 202 valence electrons. The van der Waals surface area contributed by atoms with Crippen molar-refractivity contribution in [2.75, 3.05) is 6.61 Å². The Kier molecular flexibility index (Phi) is 12.5. The van der Waals surface area contributed by atoms with Crippen molar-refractivity contribution in [3.05, 3.63) is 125 Å². The monoisotopic (exact) mass is 522 g/mol. The highest BCUT2D eigenvalue weighted by Gasteiger charge is 2.71. The second-order valence-electron chi connectivity index (χ2n) is 9.62. The predicted octanol–water partition coefficient (Wildman–Crippen LogP) is 8.77. The molecule has 0 aromatic rings. The van der Waals surface area contributed by atoms with Crippen molar-refractivity contribution in [2.45, 2.75) is 56.1 Å². The summed E-state index contributed by atoms with van der Waals surface area (Å²) in [6.07, 6.45) is 19.7. The predicted molar refractivity (Wildman–Crippen MR) is 162 cm³/mol. The normalized spacial score (nSPS) is 22.3. The molecule has 0 aromatic heterocycles. The standard InChI is InChI=1S/C33H46O3S/c1-10-19-28-29(20-11-2)31(22-13-4,23-14-5)32(24-15-6,25-16-7)33(26-17-8,30(28)21-12-3)37(34,35)36-27-18-9/h10-18,29H,1-9,19-27H2. The van der Waals surface area contributed by atoms with Gasteiger partial charge in [-0.05, 0) is 68.3 Å². The van der Waals surface area contributed by atoms with Gasteiger partial charge < -0.3 is 0 Å². The van der Waals surface area contributed by atoms with E-state index in [0.717, 1.165) is 11.1 Å². The quantitative estimate of drug-likeness (QED) is 0.119. The third-order valence-electron chi connectivity index (χ3n) is 8.01. The first-order chi connectivity index (χ1) is 17.7. The van der Waals surface area contributed by atoms with Gasteiger partial charge in [0.1, 0.15) is 4.75 Å². The maximum absolute atomic E-state index is 14.7. The smallest absolute Gasteiger partial charge is 0.265 e. The minimum Gasteiger partial charge on any atom is -0.265 e. The lowest BCUT2D eigenvalue weighted by atomic mass is 9.41. The van der Waals surface area contributed by atoms with Crippen molar-refractivity contribution in [1.82, 2.24) is 0 Å². The molecule has 2 atom stereocenters. The fraction of sp³-hybridized carbons (Fsp3) is 0.394. The highest BCUT2D eigenvalue weighted by molar-refractivity contribution is 7.88. The summed E-state index contributed by atoms with van der Waals surface area (Å²) in [6, 6.07) is 0. The van der Waals surface area contributed by atoms with E-state index in [2.05, 4.69) is 59.2 Å². The molecule has 4 heteroatoms. The summed E-state index contributed by atoms with van der Waals surface area (Å²) in [6.45, 7) is 36.1. The van der Waals surface area contributed by atoms with Crippen molar-refractivity contribution in [1.29, 1.82) is 0 Å². The Morgan fingerprint density at radius 2 is 1.16 bits per heavy atom. The zero-order valence-electron chi connectivity index (χ0n) is 22.6. The number of hydrogen-bond donors (Lipinski definition) is 0. The SMILES string of the molecule is C=CCOS(=O)(=O)C1(CC=C)C(CC=C)=C(CC=C)C(CC=C)C(CC=C)(CC=C)C1(CC=C)CC=C. The van der Waals surface area contributed by atoms with E-state index in [4.69, 9.17) is 4.18 Å². The number of hydrogen-bond acceptors (Lipinski definition) is 3. The number of rotatable bonds is 20. The molecule has 0 aromatic carbocycles. The van der Waals surface area contributed by atoms with Crippen LogP contribution in [0.15, 0.2) is 125 Å². The van der Waals surface area contributed by atoms with Crippen LogP contribution in [0.1, 0.15) is 51.4 Å². The topological polar surface area (TPSA) is 43.4 Å². The van der Waals surface area contributed by atoms with Crippen LogP contribution in [0.25, 0.3) is 0 Å². The first-order valence-corrected chi connectivity index (χ1v) is 14.2. The van der Waals surface area contributed by atoms with Crippen LogP contribution in [0.4, 0.5) is 0 Å². The first-order valence-electron chi connectivity index (χ1n) is 12.8. The highest BCUT2D eigenvalue weighted by atomic mass is 32.2. The van der Waals surface area contributed by atoms with Gasteiger partial charge in [-0.2, -0.15) is 8.42 Å². The molecule has 1 aliphatic rings. The van der Waals surface area contributed by atoms with Crippen LogP contribution >= 0.6 is 0 Å². The Balaban J connectivity index is 4.79. The van der Waals surface area contributed by atoms with Gasteiger partial charge in [0.2, 0.25) is 0 Å². The van der Waals surface area contributed by atoms with E-state index in [-0.39, 0.29) is 18.9 Å². The molecule has 0 saturated carbocycles. The molecule has 2 unspecified atom stereocenters. The molecule has 0 bridgehead atoms. The van der Waals surface area contributed by atoms with Gasteiger partial charge in [-0.15, -0.1) is 59.2 Å². The Labute approximate surface area is 226 Å². The lowest BCUT2D eigenvalue weighted by Crippen LogP contribution is -2.67. The van der Waals surface area contributed by atoms with Gasteiger partial charge in [0.15, 0.2) is 0 Å². The minimum absolute atomic E-state index is 0.0543. The summed E-state index contributed by atoms with van der Waals surface area (Å²) in [5, 5.41) is 0. The van der Waals surface area contributed by atoms with Gasteiger partial charge in [-0.1, -0.05) is 60.3 Å². The van der Waals surface area contributed by atoms with Crippen LogP contribution in [0.3, 0.4) is 0 Å². The maximum atomic E-state index is 14.7. The average Bonchev–Trinajstić information content (AvgIpc) is 2.86. The van der Waals surface area contributed by atoms with E-state index in [0.29, 0.717) is 44.9 Å². The second kappa shape index (κ2) is 14.3. The molecule has 0 aliphatic heterocycles. The van der Waals surface area contributed by atoms with Crippen LogP contribution in [-0.4, -0.2) is 19.8 Å². The van der Waals surface area contributed by atoms with Gasteiger partial charge >= 0.3 is 0 Å². The van der Waals surface area contributed by atoms with Gasteiger partial charge in [0.05, 0.1) is 6.61 Å². The molecule has 3 nitrogen and oxygen atoms in total. The molecule has 0 amide bonds. The highest BCUT2D eigenvalue weighted by Crippen LogP contribution is 2.71. The van der Waals surface area contributed by atoms with Gasteiger partial charge in [-0.3, -0.25) is 4.18 Å². The third kappa shape index (κ3) is 5.32.